The molecule has 0 aliphatic rings. The van der Waals surface area contributed by atoms with Crippen LogP contribution < -0.4 is 10.6 Å². The van der Waals surface area contributed by atoms with Gasteiger partial charge in [-0.15, -0.1) is 0 Å². The lowest BCUT2D eigenvalue weighted by atomic mass is 10.0. The van der Waals surface area contributed by atoms with Crippen LogP contribution in [0.4, 0.5) is 28.0 Å². The van der Waals surface area contributed by atoms with Crippen LogP contribution in [0.25, 0.3) is 5.57 Å². The van der Waals surface area contributed by atoms with E-state index in [-0.39, 0.29) is 6.54 Å². The maximum Gasteiger partial charge on any atom is 0.418 e. The van der Waals surface area contributed by atoms with Gasteiger partial charge < -0.3 is 10.6 Å². The highest BCUT2D eigenvalue weighted by Gasteiger charge is 2.35. The highest BCUT2D eigenvalue weighted by atomic mass is 19.4. The van der Waals surface area contributed by atoms with Crippen molar-refractivity contribution in [3.8, 4) is 0 Å². The molecule has 2 rings (SSSR count). The molecule has 8 heteroatoms. The molecule has 162 valence electrons. The van der Waals surface area contributed by atoms with Crippen LogP contribution in [0.3, 0.4) is 0 Å². The van der Waals surface area contributed by atoms with Gasteiger partial charge in [0, 0.05) is 18.7 Å². The minimum absolute atomic E-state index is 0.124. The van der Waals surface area contributed by atoms with Crippen LogP contribution in [0.2, 0.25) is 0 Å². The molecule has 0 saturated carbocycles. The number of carbonyl (C=O) groups is 1. The number of anilines is 1. The van der Waals surface area contributed by atoms with Crippen LogP contribution >= 0.6 is 0 Å². The van der Waals surface area contributed by atoms with Gasteiger partial charge in [-0.1, -0.05) is 32.1 Å². The number of halogens is 4. The Kier molecular flexibility index (Phi) is 7.97. The lowest BCUT2D eigenvalue weighted by Crippen LogP contribution is -2.31. The molecule has 4 nitrogen and oxygen atoms in total. The van der Waals surface area contributed by atoms with Crippen molar-refractivity contribution in [2.75, 3.05) is 11.9 Å². The summed E-state index contributed by atoms with van der Waals surface area (Å²) >= 11 is 0. The van der Waals surface area contributed by atoms with Crippen LogP contribution in [-0.2, 0) is 19.0 Å². The fourth-order valence-electron chi connectivity index (χ4n) is 2.96. The Balaban J connectivity index is 2.00. The zero-order chi connectivity index (χ0) is 22.3. The molecule has 1 aromatic carbocycles. The largest absolute Gasteiger partial charge is 0.418 e. The SMILES string of the molecule is C=C(C)c1nc(CCNC(=O)Nc2c(F)cccc2C(F)(F)F)ccc1CCCC. The first-order valence-corrected chi connectivity index (χ1v) is 9.68. The second kappa shape index (κ2) is 10.2. The second-order valence-corrected chi connectivity index (χ2v) is 6.99. The number of aryl methyl sites for hydroxylation is 1. The van der Waals surface area contributed by atoms with Crippen LogP contribution in [0.5, 0.6) is 0 Å². The smallest absolute Gasteiger partial charge is 0.337 e. The molecule has 0 aliphatic carbocycles. The number of aromatic nitrogens is 1. The van der Waals surface area contributed by atoms with E-state index in [4.69, 9.17) is 0 Å². The number of hydrogen-bond acceptors (Lipinski definition) is 2. The van der Waals surface area contributed by atoms with Crippen LogP contribution in [0, 0.1) is 5.82 Å². The number of rotatable bonds is 8. The zero-order valence-corrected chi connectivity index (χ0v) is 17.0. The summed E-state index contributed by atoms with van der Waals surface area (Å²) < 4.78 is 52.8. The van der Waals surface area contributed by atoms with E-state index >= 15 is 0 Å². The van der Waals surface area contributed by atoms with Gasteiger partial charge in [0.1, 0.15) is 5.82 Å². The van der Waals surface area contributed by atoms with Crippen molar-refractivity contribution in [2.24, 2.45) is 0 Å². The molecule has 2 aromatic rings. The quantitative estimate of drug-likeness (QED) is 0.513. The van der Waals surface area contributed by atoms with E-state index in [1.54, 1.807) is 0 Å². The minimum Gasteiger partial charge on any atom is -0.337 e. The number of benzene rings is 1. The van der Waals surface area contributed by atoms with Crippen molar-refractivity contribution in [1.29, 1.82) is 0 Å². The first-order chi connectivity index (χ1) is 14.1. The molecule has 1 heterocycles. The molecule has 30 heavy (non-hydrogen) atoms. The van der Waals surface area contributed by atoms with Gasteiger partial charge in [-0.05, 0) is 49.1 Å². The van der Waals surface area contributed by atoms with Crippen molar-refractivity contribution in [1.82, 2.24) is 10.3 Å². The Labute approximate surface area is 173 Å². The summed E-state index contributed by atoms with van der Waals surface area (Å²) in [4.78, 5) is 16.6. The number of amides is 2. The Hall–Kier alpha value is -2.90. The summed E-state index contributed by atoms with van der Waals surface area (Å²) in [6.07, 6.45) is -1.41. The molecular weight excluding hydrogens is 398 g/mol. The number of urea groups is 1. The molecular formula is C22H25F4N3O. The number of nitrogens with one attached hydrogen (secondary N) is 2. The lowest BCUT2D eigenvalue weighted by molar-refractivity contribution is -0.137. The van der Waals surface area contributed by atoms with Gasteiger partial charge in [0.2, 0.25) is 0 Å². The molecule has 0 atom stereocenters. The first-order valence-electron chi connectivity index (χ1n) is 9.68. The number of alkyl halides is 3. The number of unbranched alkanes of at least 4 members (excludes halogenated alkanes) is 1. The summed E-state index contributed by atoms with van der Waals surface area (Å²) in [5.41, 5.74) is 1.35. The highest BCUT2D eigenvalue weighted by molar-refractivity contribution is 5.90. The Morgan fingerprint density at radius 1 is 1.17 bits per heavy atom. The summed E-state index contributed by atoms with van der Waals surface area (Å²) in [6.45, 7) is 8.06. The summed E-state index contributed by atoms with van der Waals surface area (Å²) in [7, 11) is 0. The van der Waals surface area contributed by atoms with E-state index in [9.17, 15) is 22.4 Å². The van der Waals surface area contributed by atoms with Gasteiger partial charge in [-0.25, -0.2) is 9.18 Å². The molecule has 2 N–H and O–H groups in total. The molecule has 0 unspecified atom stereocenters. The monoisotopic (exact) mass is 423 g/mol. The van der Waals surface area contributed by atoms with Gasteiger partial charge >= 0.3 is 12.2 Å². The number of pyridine rings is 1. The molecule has 0 aliphatic heterocycles. The lowest BCUT2D eigenvalue weighted by Gasteiger charge is -2.15. The highest BCUT2D eigenvalue weighted by Crippen LogP contribution is 2.36. The average molecular weight is 423 g/mol. The number of allylic oxidation sites excluding steroid dienone is 1. The van der Waals surface area contributed by atoms with Gasteiger partial charge in [0.25, 0.3) is 0 Å². The average Bonchev–Trinajstić information content (AvgIpc) is 2.67. The van der Waals surface area contributed by atoms with Crippen molar-refractivity contribution >= 4 is 17.3 Å². The molecule has 0 fully saturated rings. The van der Waals surface area contributed by atoms with E-state index < -0.39 is 29.3 Å². The van der Waals surface area contributed by atoms with E-state index in [0.717, 1.165) is 53.9 Å². The predicted octanol–water partition coefficient (Wildman–Crippen LogP) is 5.98. The van der Waals surface area contributed by atoms with Gasteiger partial charge in [-0.3, -0.25) is 4.98 Å². The number of hydrogen-bond donors (Lipinski definition) is 2. The first kappa shape index (κ1) is 23.4. The standard InChI is InChI=1S/C22H25F4N3O/c1-4-5-7-15-10-11-16(28-19(15)14(2)3)12-13-27-21(30)29-20-17(22(24,25)26)8-6-9-18(20)23/h6,8-11H,2,4-5,7,12-13H2,1,3H3,(H2,27,29,30). The Morgan fingerprint density at radius 3 is 2.53 bits per heavy atom. The number of nitrogens with zero attached hydrogens (tertiary/aromatic N) is 1. The third-order valence-electron chi connectivity index (χ3n) is 4.46. The summed E-state index contributed by atoms with van der Waals surface area (Å²) in [5, 5.41) is 4.39. The van der Waals surface area contributed by atoms with Crippen LogP contribution in [0.1, 0.15) is 49.2 Å². The minimum atomic E-state index is -4.78. The predicted molar refractivity (Wildman–Crippen MR) is 110 cm³/mol. The van der Waals surface area contributed by atoms with E-state index in [2.05, 4.69) is 23.8 Å². The van der Waals surface area contributed by atoms with Gasteiger partial charge in [0.15, 0.2) is 0 Å². The third kappa shape index (κ3) is 6.30. The Bertz CT molecular complexity index is 910. The van der Waals surface area contributed by atoms with Crippen LogP contribution in [0.15, 0.2) is 36.9 Å². The van der Waals surface area contributed by atoms with Crippen molar-refractivity contribution in [3.05, 3.63) is 65.2 Å². The number of para-hydroxylation sites is 1. The normalized spacial score (nSPS) is 11.3. The Morgan fingerprint density at radius 2 is 1.90 bits per heavy atom. The van der Waals surface area contributed by atoms with E-state index in [1.165, 1.54) is 0 Å². The van der Waals surface area contributed by atoms with Crippen LogP contribution in [-0.4, -0.2) is 17.6 Å². The zero-order valence-electron chi connectivity index (χ0n) is 17.0. The van der Waals surface area contributed by atoms with Gasteiger partial charge in [0.05, 0.1) is 16.9 Å². The van der Waals surface area contributed by atoms with Crippen molar-refractivity contribution in [3.63, 3.8) is 0 Å². The van der Waals surface area contributed by atoms with Gasteiger partial charge in [-0.2, -0.15) is 13.2 Å². The summed E-state index contributed by atoms with van der Waals surface area (Å²) in [5.74, 6) is -1.16. The molecule has 0 radical (unpaired) electrons. The molecule has 0 saturated heterocycles. The molecule has 1 aromatic heterocycles. The maximum atomic E-state index is 13.8. The molecule has 2 amide bonds. The van der Waals surface area contributed by atoms with Crippen molar-refractivity contribution < 1.29 is 22.4 Å². The molecule has 0 bridgehead atoms. The fraction of sp³-hybridized carbons (Fsp3) is 0.364. The molecule has 0 spiro atoms. The van der Waals surface area contributed by atoms with Crippen molar-refractivity contribution in [2.45, 2.75) is 45.7 Å². The summed E-state index contributed by atoms with van der Waals surface area (Å²) in [6, 6.07) is 5.42. The third-order valence-corrected chi connectivity index (χ3v) is 4.46. The fourth-order valence-corrected chi connectivity index (χ4v) is 2.96. The maximum absolute atomic E-state index is 13.8. The number of carbonyl (C=O) groups excluding carboxylic acids is 1. The van der Waals surface area contributed by atoms with E-state index in [1.807, 2.05) is 24.4 Å². The van der Waals surface area contributed by atoms with E-state index in [0.29, 0.717) is 12.5 Å². The second-order valence-electron chi connectivity index (χ2n) is 6.99. The topological polar surface area (TPSA) is 54.0 Å².